The van der Waals surface area contributed by atoms with E-state index in [1.807, 2.05) is 10.1 Å². The molecule has 0 saturated heterocycles. The van der Waals surface area contributed by atoms with E-state index in [-0.39, 0.29) is 17.6 Å². The topological polar surface area (TPSA) is 93.7 Å². The molecule has 0 unspecified atom stereocenters. The molecule has 9 nitrogen and oxygen atoms in total. The van der Waals surface area contributed by atoms with Crippen LogP contribution in [-0.4, -0.2) is 57.1 Å². The molecular formula is C22H25N5O4S. The molecule has 3 aromatic rings. The summed E-state index contributed by atoms with van der Waals surface area (Å²) in [7, 11) is 3.25. The number of carbonyl (C=O) groups is 2. The number of carbonyl (C=O) groups excluding carboxylic acids is 2. The predicted molar refractivity (Wildman–Crippen MR) is 117 cm³/mol. The molecule has 0 N–H and O–H groups in total. The number of amides is 2. The summed E-state index contributed by atoms with van der Waals surface area (Å²) in [5.74, 6) is 0.776. The fourth-order valence-corrected chi connectivity index (χ4v) is 4.59. The summed E-state index contributed by atoms with van der Waals surface area (Å²) in [5, 5.41) is 6.67. The molecule has 0 bridgehead atoms. The van der Waals surface area contributed by atoms with E-state index >= 15 is 0 Å². The molecule has 0 spiro atoms. The zero-order chi connectivity index (χ0) is 22.2. The highest BCUT2D eigenvalue weighted by Crippen LogP contribution is 2.33. The summed E-state index contributed by atoms with van der Waals surface area (Å²) in [4.78, 5) is 34.0. The van der Waals surface area contributed by atoms with E-state index in [1.165, 1.54) is 31.3 Å². The first-order chi connectivity index (χ1) is 15.5. The third kappa shape index (κ3) is 4.02. The molecule has 2 aliphatic rings. The molecule has 0 radical (unpaired) electrons. The monoisotopic (exact) mass is 455 g/mol. The number of thiazole rings is 1. The van der Waals surface area contributed by atoms with Crippen LogP contribution in [0.2, 0.25) is 0 Å². The largest absolute Gasteiger partial charge is 0.468 e. The maximum Gasteiger partial charge on any atom is 0.290 e. The Bertz CT molecular complexity index is 1130. The van der Waals surface area contributed by atoms with Gasteiger partial charge in [0.15, 0.2) is 11.5 Å². The maximum atomic E-state index is 13.3. The molecule has 32 heavy (non-hydrogen) atoms. The second kappa shape index (κ2) is 8.42. The summed E-state index contributed by atoms with van der Waals surface area (Å²) in [6.07, 6.45) is 3.06. The number of fused-ring (bicyclic) bond motifs is 1. The van der Waals surface area contributed by atoms with E-state index in [2.05, 4.69) is 4.98 Å². The molecule has 0 aromatic carbocycles. The summed E-state index contributed by atoms with van der Waals surface area (Å²) in [6.45, 7) is 2.12. The first-order valence-corrected chi connectivity index (χ1v) is 11.6. The number of methoxy groups -OCH3 is 1. The second-order valence-electron chi connectivity index (χ2n) is 8.34. The van der Waals surface area contributed by atoms with Gasteiger partial charge in [-0.2, -0.15) is 5.10 Å². The van der Waals surface area contributed by atoms with Gasteiger partial charge in [-0.05, 0) is 24.8 Å². The summed E-state index contributed by atoms with van der Waals surface area (Å²) < 4.78 is 12.5. The third-order valence-corrected chi connectivity index (χ3v) is 6.61. The van der Waals surface area contributed by atoms with Crippen molar-refractivity contribution in [2.24, 2.45) is 5.92 Å². The van der Waals surface area contributed by atoms with Crippen LogP contribution in [0.15, 0.2) is 27.4 Å². The fourth-order valence-electron chi connectivity index (χ4n) is 4.04. The van der Waals surface area contributed by atoms with E-state index in [0.717, 1.165) is 23.5 Å². The van der Waals surface area contributed by atoms with Crippen molar-refractivity contribution >= 4 is 23.2 Å². The minimum absolute atomic E-state index is 0.155. The Hall–Kier alpha value is -3.14. The second-order valence-corrected chi connectivity index (χ2v) is 9.06. The zero-order valence-electron chi connectivity index (χ0n) is 18.1. The van der Waals surface area contributed by atoms with Crippen molar-refractivity contribution in [1.29, 1.82) is 0 Å². The Morgan fingerprint density at radius 2 is 2.19 bits per heavy atom. The Morgan fingerprint density at radius 3 is 2.88 bits per heavy atom. The highest BCUT2D eigenvalue weighted by Gasteiger charge is 2.34. The summed E-state index contributed by atoms with van der Waals surface area (Å²) >= 11 is 1.50. The standard InChI is InChI=1S/C22H25N5O4S/c1-25(10-15-12-32-13-23-15)22(29)20-16-11-26(21(28)18-5-6-19(30-2)31-18)8-7-17(16)27(24-20)9-14-3-4-14/h5-6,12-14H,3-4,7-11H2,1-2H3. The first kappa shape index (κ1) is 20.7. The van der Waals surface area contributed by atoms with Gasteiger partial charge in [0.25, 0.3) is 17.8 Å². The van der Waals surface area contributed by atoms with Crippen molar-refractivity contribution in [3.8, 4) is 5.95 Å². The van der Waals surface area contributed by atoms with Crippen molar-refractivity contribution in [3.63, 3.8) is 0 Å². The summed E-state index contributed by atoms with van der Waals surface area (Å²) in [5.41, 5.74) is 4.92. The normalized spacial score (nSPS) is 15.5. The van der Waals surface area contributed by atoms with E-state index < -0.39 is 0 Å². The smallest absolute Gasteiger partial charge is 0.290 e. The van der Waals surface area contributed by atoms with Gasteiger partial charge in [-0.1, -0.05) is 0 Å². The molecule has 10 heteroatoms. The van der Waals surface area contributed by atoms with E-state index in [4.69, 9.17) is 14.3 Å². The number of aromatic nitrogens is 3. The molecule has 1 saturated carbocycles. The molecule has 1 aliphatic heterocycles. The van der Waals surface area contributed by atoms with Crippen LogP contribution in [0.5, 0.6) is 5.95 Å². The summed E-state index contributed by atoms with van der Waals surface area (Å²) in [6, 6.07) is 3.24. The van der Waals surface area contributed by atoms with Crippen LogP contribution in [0.3, 0.4) is 0 Å². The van der Waals surface area contributed by atoms with Crippen LogP contribution in [0.4, 0.5) is 0 Å². The van der Waals surface area contributed by atoms with Crippen molar-refractivity contribution in [2.75, 3.05) is 20.7 Å². The van der Waals surface area contributed by atoms with Gasteiger partial charge in [-0.15, -0.1) is 11.3 Å². The minimum Gasteiger partial charge on any atom is -0.468 e. The molecule has 2 amide bonds. The van der Waals surface area contributed by atoms with Crippen LogP contribution >= 0.6 is 11.3 Å². The highest BCUT2D eigenvalue weighted by atomic mass is 32.1. The van der Waals surface area contributed by atoms with E-state index in [1.54, 1.807) is 34.5 Å². The Kier molecular flexibility index (Phi) is 5.46. The predicted octanol–water partition coefficient (Wildman–Crippen LogP) is 2.82. The van der Waals surface area contributed by atoms with Gasteiger partial charge in [0.2, 0.25) is 0 Å². The van der Waals surface area contributed by atoms with Crippen LogP contribution in [-0.2, 0) is 26.1 Å². The van der Waals surface area contributed by atoms with Crippen LogP contribution in [0.25, 0.3) is 0 Å². The van der Waals surface area contributed by atoms with Gasteiger partial charge in [-0.3, -0.25) is 14.3 Å². The zero-order valence-corrected chi connectivity index (χ0v) is 18.9. The lowest BCUT2D eigenvalue weighted by molar-refractivity contribution is 0.0687. The SMILES string of the molecule is COc1ccc(C(=O)N2CCc3c(c(C(=O)N(C)Cc4cscn4)nn3CC3CC3)C2)o1. The third-order valence-electron chi connectivity index (χ3n) is 5.97. The lowest BCUT2D eigenvalue weighted by Crippen LogP contribution is -2.37. The lowest BCUT2D eigenvalue weighted by Gasteiger charge is -2.27. The molecule has 4 heterocycles. The quantitative estimate of drug-likeness (QED) is 0.544. The van der Waals surface area contributed by atoms with E-state index in [0.29, 0.717) is 43.6 Å². The lowest BCUT2D eigenvalue weighted by atomic mass is 10.0. The van der Waals surface area contributed by atoms with Crippen molar-refractivity contribution in [2.45, 2.75) is 38.9 Å². The Balaban J connectivity index is 1.41. The molecular weight excluding hydrogens is 430 g/mol. The minimum atomic E-state index is -0.219. The Morgan fingerprint density at radius 1 is 1.34 bits per heavy atom. The average Bonchev–Trinajstić information content (AvgIpc) is 3.19. The number of furan rings is 1. The van der Waals surface area contributed by atoms with Gasteiger partial charge in [-0.25, -0.2) is 4.98 Å². The number of nitrogens with zero attached hydrogens (tertiary/aromatic N) is 5. The van der Waals surface area contributed by atoms with Gasteiger partial charge >= 0.3 is 0 Å². The molecule has 0 atom stereocenters. The highest BCUT2D eigenvalue weighted by molar-refractivity contribution is 7.07. The van der Waals surface area contributed by atoms with Gasteiger partial charge in [0, 0.05) is 49.3 Å². The molecule has 1 fully saturated rings. The number of hydrogen-bond donors (Lipinski definition) is 0. The van der Waals surface area contributed by atoms with Crippen molar-refractivity contribution in [3.05, 3.63) is 51.4 Å². The average molecular weight is 456 g/mol. The first-order valence-electron chi connectivity index (χ1n) is 10.7. The number of ether oxygens (including phenoxy) is 1. The van der Waals surface area contributed by atoms with Gasteiger partial charge in [0.05, 0.1) is 31.4 Å². The van der Waals surface area contributed by atoms with Crippen LogP contribution < -0.4 is 4.74 Å². The van der Waals surface area contributed by atoms with Gasteiger partial charge < -0.3 is 19.0 Å². The number of hydrogen-bond acceptors (Lipinski definition) is 7. The van der Waals surface area contributed by atoms with Crippen LogP contribution in [0, 0.1) is 5.92 Å². The van der Waals surface area contributed by atoms with Crippen LogP contribution in [0.1, 0.15) is 50.8 Å². The van der Waals surface area contributed by atoms with Gasteiger partial charge in [0.1, 0.15) is 0 Å². The van der Waals surface area contributed by atoms with Crippen molar-refractivity contribution < 1.29 is 18.7 Å². The van der Waals surface area contributed by atoms with Crippen molar-refractivity contribution in [1.82, 2.24) is 24.6 Å². The fraction of sp³-hybridized carbons (Fsp3) is 0.455. The molecule has 1 aliphatic carbocycles. The number of rotatable bonds is 7. The molecule has 168 valence electrons. The molecule has 3 aromatic heterocycles. The molecule has 5 rings (SSSR count). The Labute approximate surface area is 189 Å². The maximum absolute atomic E-state index is 13.3. The van der Waals surface area contributed by atoms with E-state index in [9.17, 15) is 9.59 Å².